The van der Waals surface area contributed by atoms with Crippen LogP contribution in [0, 0.1) is 11.7 Å². The summed E-state index contributed by atoms with van der Waals surface area (Å²) < 4.78 is 14.7. The number of allylic oxidation sites excluding steroid dienone is 1. The molecule has 10 heteroatoms. The minimum atomic E-state index is -0.269. The fourth-order valence-corrected chi connectivity index (χ4v) is 5.75. The SMILES string of the molecule is C=C(Nc1cncc(-c2cc3c(-c4nc5c(-c6cc(F)cc(CCCN(C)C)c6)cncc5[nH]4)n[nH]c3cn2)c1)C1CCC1. The number of aromatic nitrogens is 7. The lowest BCUT2D eigenvalue weighted by molar-refractivity contribution is 0.371. The van der Waals surface area contributed by atoms with Gasteiger partial charge in [-0.15, -0.1) is 0 Å². The van der Waals surface area contributed by atoms with Gasteiger partial charge in [0.2, 0.25) is 0 Å². The molecule has 6 aromatic rings. The monoisotopic (exact) mass is 587 g/mol. The number of nitrogens with zero attached hydrogens (tertiary/aromatic N) is 6. The molecular formula is C34H34FN9. The largest absolute Gasteiger partial charge is 0.358 e. The lowest BCUT2D eigenvalue weighted by Gasteiger charge is -2.28. The van der Waals surface area contributed by atoms with Crippen LogP contribution in [0.1, 0.15) is 31.2 Å². The van der Waals surface area contributed by atoms with Crippen molar-refractivity contribution in [1.29, 1.82) is 0 Å². The van der Waals surface area contributed by atoms with Gasteiger partial charge in [0.15, 0.2) is 5.82 Å². The van der Waals surface area contributed by atoms with E-state index in [2.05, 4.69) is 46.9 Å². The van der Waals surface area contributed by atoms with E-state index in [1.165, 1.54) is 19.3 Å². The molecule has 1 aliphatic carbocycles. The van der Waals surface area contributed by atoms with Crippen LogP contribution < -0.4 is 5.32 Å². The van der Waals surface area contributed by atoms with Crippen molar-refractivity contribution < 1.29 is 4.39 Å². The summed E-state index contributed by atoms with van der Waals surface area (Å²) in [6.45, 7) is 5.16. The van der Waals surface area contributed by atoms with Gasteiger partial charge in [0, 0.05) is 34.6 Å². The summed E-state index contributed by atoms with van der Waals surface area (Å²) >= 11 is 0. The molecule has 5 aromatic heterocycles. The van der Waals surface area contributed by atoms with Gasteiger partial charge in [-0.25, -0.2) is 9.37 Å². The molecule has 222 valence electrons. The van der Waals surface area contributed by atoms with Crippen LogP contribution in [0.4, 0.5) is 10.1 Å². The Morgan fingerprint density at radius 3 is 2.68 bits per heavy atom. The lowest BCUT2D eigenvalue weighted by atomic mass is 9.83. The predicted octanol–water partition coefficient (Wildman–Crippen LogP) is 6.98. The Bertz CT molecular complexity index is 1990. The van der Waals surface area contributed by atoms with Gasteiger partial charge in [0.1, 0.15) is 11.5 Å². The Morgan fingerprint density at radius 1 is 1.00 bits per heavy atom. The third-order valence-electron chi connectivity index (χ3n) is 8.34. The molecule has 3 N–H and O–H groups in total. The number of anilines is 1. The van der Waals surface area contributed by atoms with Gasteiger partial charge in [-0.2, -0.15) is 5.10 Å². The molecule has 0 unspecified atom stereocenters. The van der Waals surface area contributed by atoms with E-state index in [0.717, 1.165) is 75.1 Å². The molecule has 1 aliphatic rings. The Morgan fingerprint density at radius 2 is 1.86 bits per heavy atom. The van der Waals surface area contributed by atoms with E-state index in [0.29, 0.717) is 23.0 Å². The summed E-state index contributed by atoms with van der Waals surface area (Å²) in [4.78, 5) is 24.0. The smallest absolute Gasteiger partial charge is 0.159 e. The van der Waals surface area contributed by atoms with Gasteiger partial charge in [-0.1, -0.05) is 19.1 Å². The molecule has 0 atom stereocenters. The van der Waals surface area contributed by atoms with Gasteiger partial charge in [-0.3, -0.25) is 20.1 Å². The zero-order chi connectivity index (χ0) is 30.2. The van der Waals surface area contributed by atoms with Crippen LogP contribution in [0.15, 0.2) is 73.6 Å². The van der Waals surface area contributed by atoms with Crippen LogP contribution in [-0.2, 0) is 6.42 Å². The highest BCUT2D eigenvalue weighted by molar-refractivity contribution is 5.97. The van der Waals surface area contributed by atoms with Crippen molar-refractivity contribution in [3.63, 3.8) is 0 Å². The number of fused-ring (bicyclic) bond motifs is 2. The molecule has 1 fully saturated rings. The number of hydrogen-bond acceptors (Lipinski definition) is 7. The van der Waals surface area contributed by atoms with E-state index < -0.39 is 0 Å². The number of imidazole rings is 1. The Hall–Kier alpha value is -4.96. The maximum absolute atomic E-state index is 14.7. The first-order valence-electron chi connectivity index (χ1n) is 15.0. The van der Waals surface area contributed by atoms with Crippen molar-refractivity contribution in [2.75, 3.05) is 26.0 Å². The number of benzene rings is 1. The highest BCUT2D eigenvalue weighted by Crippen LogP contribution is 2.35. The summed E-state index contributed by atoms with van der Waals surface area (Å²) in [5, 5.41) is 12.0. The highest BCUT2D eigenvalue weighted by Gasteiger charge is 2.21. The standard InChI is InChI=1S/C34H34FN9/c1-20(22-7-4-8-22)39-26-13-24(15-36-16-26)29-14-27-30(19-38-29)42-43-33(27)34-40-31-18-37-17-28(32(31)41-34)23-10-21(11-25(35)12-23)6-5-9-44(2)3/h10-19,22,39H,1,4-9H2,2-3H3,(H,40,41)(H,42,43). The van der Waals surface area contributed by atoms with Crippen LogP contribution in [0.2, 0.25) is 0 Å². The zero-order valence-corrected chi connectivity index (χ0v) is 24.9. The molecule has 0 bridgehead atoms. The van der Waals surface area contributed by atoms with E-state index in [1.807, 2.05) is 32.3 Å². The second-order valence-electron chi connectivity index (χ2n) is 11.9. The molecule has 0 amide bonds. The van der Waals surface area contributed by atoms with Gasteiger partial charge < -0.3 is 15.2 Å². The van der Waals surface area contributed by atoms with Gasteiger partial charge >= 0.3 is 0 Å². The average molecular weight is 588 g/mol. The van der Waals surface area contributed by atoms with E-state index in [9.17, 15) is 4.39 Å². The number of rotatable bonds is 10. The fourth-order valence-electron chi connectivity index (χ4n) is 5.75. The molecule has 44 heavy (non-hydrogen) atoms. The normalized spacial score (nSPS) is 13.5. The first-order valence-corrected chi connectivity index (χ1v) is 15.0. The van der Waals surface area contributed by atoms with Crippen LogP contribution in [0.25, 0.3) is 55.8 Å². The second kappa shape index (κ2) is 11.6. The number of aryl methyl sites for hydroxylation is 1. The maximum Gasteiger partial charge on any atom is 0.159 e. The Kier molecular flexibility index (Phi) is 7.35. The number of hydrogen-bond donors (Lipinski definition) is 3. The molecule has 5 heterocycles. The summed E-state index contributed by atoms with van der Waals surface area (Å²) in [5.41, 5.74) is 8.95. The Balaban J connectivity index is 1.21. The van der Waals surface area contributed by atoms with Crippen molar-refractivity contribution >= 4 is 27.6 Å². The Labute approximate surface area is 254 Å². The summed E-state index contributed by atoms with van der Waals surface area (Å²) in [6, 6.07) is 9.22. The molecule has 0 saturated heterocycles. The highest BCUT2D eigenvalue weighted by atomic mass is 19.1. The van der Waals surface area contributed by atoms with Crippen molar-refractivity contribution in [2.24, 2.45) is 5.92 Å². The molecular weight excluding hydrogens is 553 g/mol. The summed E-state index contributed by atoms with van der Waals surface area (Å²) in [6.07, 6.45) is 14.2. The topological polar surface area (TPSA) is 111 Å². The third-order valence-corrected chi connectivity index (χ3v) is 8.34. The molecule has 1 saturated carbocycles. The van der Waals surface area contributed by atoms with Gasteiger partial charge in [-0.05, 0) is 87.6 Å². The van der Waals surface area contributed by atoms with Crippen molar-refractivity contribution in [2.45, 2.75) is 32.1 Å². The summed E-state index contributed by atoms with van der Waals surface area (Å²) in [7, 11) is 4.08. The van der Waals surface area contributed by atoms with E-state index >= 15 is 0 Å². The maximum atomic E-state index is 14.7. The number of pyridine rings is 3. The quantitative estimate of drug-likeness (QED) is 0.158. The molecule has 0 spiro atoms. The summed E-state index contributed by atoms with van der Waals surface area (Å²) in [5.74, 6) is 0.845. The van der Waals surface area contributed by atoms with Crippen LogP contribution in [-0.4, -0.2) is 60.7 Å². The van der Waals surface area contributed by atoms with Gasteiger partial charge in [0.25, 0.3) is 0 Å². The number of aromatic amines is 2. The van der Waals surface area contributed by atoms with Crippen LogP contribution in [0.3, 0.4) is 0 Å². The third kappa shape index (κ3) is 5.56. The van der Waals surface area contributed by atoms with E-state index in [-0.39, 0.29) is 5.82 Å². The second-order valence-corrected chi connectivity index (χ2v) is 11.9. The molecule has 0 radical (unpaired) electrons. The number of halogens is 1. The number of nitrogens with one attached hydrogen (secondary N) is 3. The van der Waals surface area contributed by atoms with Crippen LogP contribution >= 0.6 is 0 Å². The molecule has 9 nitrogen and oxygen atoms in total. The van der Waals surface area contributed by atoms with Crippen molar-refractivity contribution in [1.82, 2.24) is 40.0 Å². The molecule has 1 aromatic carbocycles. The van der Waals surface area contributed by atoms with Crippen molar-refractivity contribution in [3.8, 4) is 33.9 Å². The minimum Gasteiger partial charge on any atom is -0.358 e. The molecule has 7 rings (SSSR count). The van der Waals surface area contributed by atoms with Gasteiger partial charge in [0.05, 0.1) is 46.5 Å². The zero-order valence-electron chi connectivity index (χ0n) is 24.9. The first-order chi connectivity index (χ1) is 21.4. The lowest BCUT2D eigenvalue weighted by Crippen LogP contribution is -2.18. The number of H-pyrrole nitrogens is 2. The van der Waals surface area contributed by atoms with E-state index in [1.54, 1.807) is 43.1 Å². The molecule has 0 aliphatic heterocycles. The average Bonchev–Trinajstić information content (AvgIpc) is 3.59. The minimum absolute atomic E-state index is 0.269. The van der Waals surface area contributed by atoms with Crippen molar-refractivity contribution in [3.05, 3.63) is 85.0 Å². The van der Waals surface area contributed by atoms with Crippen LogP contribution in [0.5, 0.6) is 0 Å². The van der Waals surface area contributed by atoms with E-state index in [4.69, 9.17) is 4.98 Å². The fraction of sp³-hybridized carbons (Fsp3) is 0.265. The first kappa shape index (κ1) is 27.8. The predicted molar refractivity (Wildman–Crippen MR) is 172 cm³/mol.